The van der Waals surface area contributed by atoms with Gasteiger partial charge in [0.15, 0.2) is 22.9 Å². The van der Waals surface area contributed by atoms with Crippen LogP contribution in [0.1, 0.15) is 41.5 Å². The van der Waals surface area contributed by atoms with E-state index in [-0.39, 0.29) is 22.3 Å². The Kier molecular flexibility index (Phi) is 5.56. The quantitative estimate of drug-likeness (QED) is 0.252. The average Bonchev–Trinajstić information content (AvgIpc) is 2.75. The molecule has 1 saturated heterocycles. The standard InChI is InChI=1S/C26H30O11/c1-22(2)23(3,32)24(4,33)25(5,34)26(6,37-22)36-21-19(31)18-16(30)10-13(27)11-17(18)35-20(21)12-7-8-14(28)15(29)9-12/h7-11,27-30,32-34H,1-6H3/t23-,24+,25+,26+/m0/s1. The molecule has 0 amide bonds. The third kappa shape index (κ3) is 3.53. The molecule has 11 heteroatoms. The molecule has 1 aliphatic rings. The molecule has 0 radical (unpaired) electrons. The minimum absolute atomic E-state index is 0.0456. The predicted octanol–water partition coefficient (Wildman–Crippen LogP) is 2.44. The van der Waals surface area contributed by atoms with Crippen molar-refractivity contribution in [2.45, 2.75) is 69.7 Å². The highest BCUT2D eigenvalue weighted by molar-refractivity contribution is 5.88. The van der Waals surface area contributed by atoms with Crippen molar-refractivity contribution in [1.29, 1.82) is 0 Å². The molecule has 0 bridgehead atoms. The SMILES string of the molecule is CC1(C)O[C@@](C)(Oc2c(-c3ccc(O)c(O)c3)oc3cc(O)cc(O)c3c2=O)[C@](C)(O)[C@](C)(O)[C@@]1(C)O. The molecular formula is C26H30O11. The summed E-state index contributed by atoms with van der Waals surface area (Å²) in [6.07, 6.45) is 0. The van der Waals surface area contributed by atoms with Crippen LogP contribution < -0.4 is 10.2 Å². The largest absolute Gasteiger partial charge is 0.508 e. The molecule has 0 spiro atoms. The van der Waals surface area contributed by atoms with Crippen LogP contribution in [0.25, 0.3) is 22.3 Å². The van der Waals surface area contributed by atoms with Gasteiger partial charge in [0, 0.05) is 24.6 Å². The van der Waals surface area contributed by atoms with Gasteiger partial charge >= 0.3 is 0 Å². The van der Waals surface area contributed by atoms with E-state index in [1.807, 2.05) is 0 Å². The van der Waals surface area contributed by atoms with E-state index in [9.17, 15) is 40.5 Å². The van der Waals surface area contributed by atoms with Gasteiger partial charge in [-0.1, -0.05) is 0 Å². The number of ether oxygens (including phenoxy) is 2. The highest BCUT2D eigenvalue weighted by Crippen LogP contribution is 2.54. The van der Waals surface area contributed by atoms with Crippen molar-refractivity contribution in [1.82, 2.24) is 0 Å². The minimum Gasteiger partial charge on any atom is -0.508 e. The van der Waals surface area contributed by atoms with Crippen molar-refractivity contribution in [3.63, 3.8) is 0 Å². The monoisotopic (exact) mass is 518 g/mol. The molecular weight excluding hydrogens is 488 g/mol. The number of hydrogen-bond donors (Lipinski definition) is 7. The fraction of sp³-hybridized carbons (Fsp3) is 0.423. The molecule has 0 unspecified atom stereocenters. The first-order valence-corrected chi connectivity index (χ1v) is 11.4. The summed E-state index contributed by atoms with van der Waals surface area (Å²) >= 11 is 0. The summed E-state index contributed by atoms with van der Waals surface area (Å²) in [6.45, 7) is 7.86. The third-order valence-corrected chi connectivity index (χ3v) is 7.85. The van der Waals surface area contributed by atoms with E-state index in [0.717, 1.165) is 24.3 Å². The first kappa shape index (κ1) is 26.6. The lowest BCUT2D eigenvalue weighted by Gasteiger charge is -2.64. The Balaban J connectivity index is 2.04. The van der Waals surface area contributed by atoms with Gasteiger partial charge in [0.25, 0.3) is 0 Å². The van der Waals surface area contributed by atoms with Gasteiger partial charge in [-0.2, -0.15) is 0 Å². The molecule has 2 heterocycles. The molecule has 37 heavy (non-hydrogen) atoms. The zero-order valence-corrected chi connectivity index (χ0v) is 21.2. The van der Waals surface area contributed by atoms with Crippen molar-refractivity contribution >= 4 is 11.0 Å². The Bertz CT molecular complexity index is 1470. The van der Waals surface area contributed by atoms with Crippen LogP contribution >= 0.6 is 0 Å². The Morgan fingerprint density at radius 2 is 1.38 bits per heavy atom. The predicted molar refractivity (Wildman–Crippen MR) is 131 cm³/mol. The van der Waals surface area contributed by atoms with Gasteiger partial charge in [0.1, 0.15) is 33.7 Å². The second-order valence-corrected chi connectivity index (χ2v) is 10.5. The van der Waals surface area contributed by atoms with Crippen LogP contribution in [-0.4, -0.2) is 63.9 Å². The Labute approximate surface area is 211 Å². The zero-order chi connectivity index (χ0) is 27.9. The lowest BCUT2D eigenvalue weighted by molar-refractivity contribution is -0.435. The van der Waals surface area contributed by atoms with Crippen LogP contribution in [0.15, 0.2) is 39.5 Å². The summed E-state index contributed by atoms with van der Waals surface area (Å²) in [5.74, 6) is -5.11. The summed E-state index contributed by atoms with van der Waals surface area (Å²) in [5.41, 5.74) is -9.25. The van der Waals surface area contributed by atoms with Gasteiger partial charge in [-0.3, -0.25) is 4.79 Å². The van der Waals surface area contributed by atoms with Gasteiger partial charge in [0.05, 0.1) is 5.60 Å². The lowest BCUT2D eigenvalue weighted by atomic mass is 9.61. The molecule has 200 valence electrons. The van der Waals surface area contributed by atoms with Crippen LogP contribution in [0.5, 0.6) is 28.7 Å². The maximum atomic E-state index is 13.7. The van der Waals surface area contributed by atoms with Gasteiger partial charge < -0.3 is 49.6 Å². The Hall–Kier alpha value is -3.51. The molecule has 4 rings (SSSR count). The number of fused-ring (bicyclic) bond motifs is 1. The van der Waals surface area contributed by atoms with Crippen molar-refractivity contribution in [2.24, 2.45) is 0 Å². The maximum absolute atomic E-state index is 13.7. The first-order chi connectivity index (χ1) is 16.8. The maximum Gasteiger partial charge on any atom is 0.240 e. The van der Waals surface area contributed by atoms with E-state index in [1.165, 1.54) is 47.6 Å². The Morgan fingerprint density at radius 3 is 1.97 bits per heavy atom. The lowest BCUT2D eigenvalue weighted by Crippen LogP contribution is -2.84. The number of phenols is 4. The van der Waals surface area contributed by atoms with Gasteiger partial charge in [-0.15, -0.1) is 0 Å². The minimum atomic E-state index is -2.36. The van der Waals surface area contributed by atoms with E-state index in [4.69, 9.17) is 13.9 Å². The average molecular weight is 519 g/mol. The number of benzene rings is 2. The van der Waals surface area contributed by atoms with E-state index in [0.29, 0.717) is 0 Å². The number of aliphatic hydroxyl groups is 3. The van der Waals surface area contributed by atoms with Gasteiger partial charge in [0.2, 0.25) is 17.0 Å². The van der Waals surface area contributed by atoms with E-state index < -0.39 is 62.4 Å². The van der Waals surface area contributed by atoms with E-state index in [1.54, 1.807) is 0 Å². The number of hydrogen-bond acceptors (Lipinski definition) is 11. The smallest absolute Gasteiger partial charge is 0.240 e. The molecule has 1 fully saturated rings. The summed E-state index contributed by atoms with van der Waals surface area (Å²) in [4.78, 5) is 13.7. The van der Waals surface area contributed by atoms with Crippen molar-refractivity contribution < 1.29 is 49.6 Å². The summed E-state index contributed by atoms with van der Waals surface area (Å²) in [5, 5.41) is 73.8. The van der Waals surface area contributed by atoms with Crippen molar-refractivity contribution in [3.8, 4) is 40.1 Å². The second kappa shape index (κ2) is 7.75. The number of phenolic OH excluding ortho intramolecular Hbond substituents is 4. The first-order valence-electron chi connectivity index (χ1n) is 11.4. The molecule has 11 nitrogen and oxygen atoms in total. The van der Waals surface area contributed by atoms with Crippen LogP contribution in [0.2, 0.25) is 0 Å². The third-order valence-electron chi connectivity index (χ3n) is 7.85. The second-order valence-electron chi connectivity index (χ2n) is 10.5. The van der Waals surface area contributed by atoms with E-state index in [2.05, 4.69) is 0 Å². The molecule has 7 N–H and O–H groups in total. The molecule has 2 aromatic carbocycles. The Morgan fingerprint density at radius 1 is 0.757 bits per heavy atom. The molecule has 1 aliphatic heterocycles. The number of aromatic hydroxyl groups is 4. The van der Waals surface area contributed by atoms with Crippen LogP contribution in [0, 0.1) is 0 Å². The van der Waals surface area contributed by atoms with E-state index >= 15 is 0 Å². The van der Waals surface area contributed by atoms with Crippen molar-refractivity contribution in [2.75, 3.05) is 0 Å². The molecule has 0 aliphatic carbocycles. The van der Waals surface area contributed by atoms with Gasteiger partial charge in [-0.05, 0) is 52.8 Å². The summed E-state index contributed by atoms with van der Waals surface area (Å²) in [7, 11) is 0. The summed E-state index contributed by atoms with van der Waals surface area (Å²) < 4.78 is 17.9. The molecule has 3 aromatic rings. The van der Waals surface area contributed by atoms with Gasteiger partial charge in [-0.25, -0.2) is 0 Å². The van der Waals surface area contributed by atoms with Crippen LogP contribution in [-0.2, 0) is 4.74 Å². The highest BCUT2D eigenvalue weighted by Gasteiger charge is 2.74. The highest BCUT2D eigenvalue weighted by atomic mass is 16.7. The normalized spacial score (nSPS) is 31.4. The molecule has 4 atom stereocenters. The topological polar surface area (TPSA) is 190 Å². The fourth-order valence-corrected chi connectivity index (χ4v) is 4.72. The fourth-order valence-electron chi connectivity index (χ4n) is 4.72. The van der Waals surface area contributed by atoms with Crippen LogP contribution in [0.4, 0.5) is 0 Å². The zero-order valence-electron chi connectivity index (χ0n) is 21.2. The number of rotatable bonds is 3. The molecule has 1 aromatic heterocycles. The van der Waals surface area contributed by atoms with Crippen LogP contribution in [0.3, 0.4) is 0 Å². The van der Waals surface area contributed by atoms with Crippen molar-refractivity contribution in [3.05, 3.63) is 40.6 Å². The summed E-state index contributed by atoms with van der Waals surface area (Å²) in [6, 6.07) is 5.54. The molecule has 0 saturated carbocycles.